The van der Waals surface area contributed by atoms with Crippen LogP contribution in [0.5, 0.6) is 0 Å². The predicted molar refractivity (Wildman–Crippen MR) is 76.3 cm³/mol. The van der Waals surface area contributed by atoms with Gasteiger partial charge in [-0.05, 0) is 40.2 Å². The van der Waals surface area contributed by atoms with Gasteiger partial charge in [0, 0.05) is 10.7 Å². The molecule has 3 nitrogen and oxygen atoms in total. The fourth-order valence-corrected chi connectivity index (χ4v) is 2.27. The molecule has 0 aliphatic rings. The number of carbonyl (C=O) groups is 1. The van der Waals surface area contributed by atoms with Gasteiger partial charge in [-0.2, -0.15) is 13.2 Å². The highest BCUT2D eigenvalue weighted by atomic mass is 79.9. The van der Waals surface area contributed by atoms with Gasteiger partial charge in [0.15, 0.2) is 0 Å². The highest BCUT2D eigenvalue weighted by Gasteiger charge is 2.35. The lowest BCUT2D eigenvalue weighted by Gasteiger charge is -2.15. The number of rotatable bonds is 2. The van der Waals surface area contributed by atoms with Crippen molar-refractivity contribution >= 4 is 39.1 Å². The summed E-state index contributed by atoms with van der Waals surface area (Å²) < 4.78 is 39.1. The first-order valence-electron chi connectivity index (χ1n) is 5.58. The first kappa shape index (κ1) is 15.8. The zero-order chi connectivity index (χ0) is 15.6. The van der Waals surface area contributed by atoms with Crippen LogP contribution in [0.25, 0.3) is 0 Å². The summed E-state index contributed by atoms with van der Waals surface area (Å²) in [6.07, 6.45) is -3.27. The second-order valence-corrected chi connectivity index (χ2v) is 5.21. The minimum Gasteiger partial charge on any atom is -0.319 e. The Balaban J connectivity index is 2.41. The molecule has 1 amide bonds. The third kappa shape index (κ3) is 3.54. The van der Waals surface area contributed by atoms with Gasteiger partial charge in [-0.25, -0.2) is 4.98 Å². The molecule has 0 saturated carbocycles. The van der Waals surface area contributed by atoms with Crippen molar-refractivity contribution in [3.8, 4) is 0 Å². The van der Waals surface area contributed by atoms with Crippen molar-refractivity contribution in [2.45, 2.75) is 6.18 Å². The molecule has 21 heavy (non-hydrogen) atoms. The highest BCUT2D eigenvalue weighted by molar-refractivity contribution is 9.10. The van der Waals surface area contributed by atoms with E-state index in [-0.39, 0.29) is 10.7 Å². The number of benzene rings is 1. The Labute approximate surface area is 131 Å². The van der Waals surface area contributed by atoms with Gasteiger partial charge in [0.1, 0.15) is 5.69 Å². The topological polar surface area (TPSA) is 42.0 Å². The SMILES string of the molecule is O=C(Nc1c(Cl)cccc1C(F)(F)F)c1ncccc1Br. The first-order chi connectivity index (χ1) is 9.80. The van der Waals surface area contributed by atoms with Crippen LogP contribution >= 0.6 is 27.5 Å². The summed E-state index contributed by atoms with van der Waals surface area (Å²) in [6.45, 7) is 0. The predicted octanol–water partition coefficient (Wildman–Crippen LogP) is 4.77. The molecule has 0 aliphatic carbocycles. The second kappa shape index (κ2) is 6.03. The number of alkyl halides is 3. The first-order valence-corrected chi connectivity index (χ1v) is 6.75. The van der Waals surface area contributed by atoms with Crippen LogP contribution in [0, 0.1) is 0 Å². The van der Waals surface area contributed by atoms with Gasteiger partial charge in [-0.15, -0.1) is 0 Å². The molecule has 8 heteroatoms. The van der Waals surface area contributed by atoms with Gasteiger partial charge >= 0.3 is 6.18 Å². The van der Waals surface area contributed by atoms with E-state index in [9.17, 15) is 18.0 Å². The summed E-state index contributed by atoms with van der Waals surface area (Å²) in [7, 11) is 0. The summed E-state index contributed by atoms with van der Waals surface area (Å²) in [5, 5.41) is 1.96. The Hall–Kier alpha value is -1.60. The van der Waals surface area contributed by atoms with Crippen LogP contribution in [0.2, 0.25) is 5.02 Å². The van der Waals surface area contributed by atoms with E-state index in [0.29, 0.717) is 4.47 Å². The molecule has 110 valence electrons. The van der Waals surface area contributed by atoms with Crippen molar-refractivity contribution in [2.24, 2.45) is 0 Å². The molecule has 0 spiro atoms. The quantitative estimate of drug-likeness (QED) is 0.817. The normalized spacial score (nSPS) is 11.3. The molecular weight excluding hydrogens is 373 g/mol. The number of carbonyl (C=O) groups excluding carboxylic acids is 1. The highest BCUT2D eigenvalue weighted by Crippen LogP contribution is 2.38. The maximum absolute atomic E-state index is 12.9. The molecule has 1 heterocycles. The number of amides is 1. The van der Waals surface area contributed by atoms with E-state index in [0.717, 1.165) is 12.1 Å². The maximum Gasteiger partial charge on any atom is 0.418 e. The summed E-state index contributed by atoms with van der Waals surface area (Å²) in [5.74, 6) is -0.791. The molecule has 0 radical (unpaired) electrons. The Morgan fingerprint density at radius 2 is 1.95 bits per heavy atom. The van der Waals surface area contributed by atoms with E-state index in [4.69, 9.17) is 11.6 Å². The van der Waals surface area contributed by atoms with E-state index in [1.807, 2.05) is 0 Å². The summed E-state index contributed by atoms with van der Waals surface area (Å²) in [5.41, 5.74) is -1.55. The molecule has 0 bridgehead atoms. The third-order valence-corrected chi connectivity index (χ3v) is 3.49. The van der Waals surface area contributed by atoms with Crippen LogP contribution in [-0.4, -0.2) is 10.9 Å². The zero-order valence-corrected chi connectivity index (χ0v) is 12.6. The fourth-order valence-electron chi connectivity index (χ4n) is 1.61. The number of nitrogens with zero attached hydrogens (tertiary/aromatic N) is 1. The number of aromatic nitrogens is 1. The van der Waals surface area contributed by atoms with Crippen LogP contribution < -0.4 is 5.32 Å². The van der Waals surface area contributed by atoms with E-state index in [2.05, 4.69) is 26.2 Å². The number of para-hydroxylation sites is 1. The zero-order valence-electron chi connectivity index (χ0n) is 10.2. The smallest absolute Gasteiger partial charge is 0.319 e. The largest absolute Gasteiger partial charge is 0.418 e. The number of pyridine rings is 1. The van der Waals surface area contributed by atoms with Crippen LogP contribution in [-0.2, 0) is 6.18 Å². The monoisotopic (exact) mass is 378 g/mol. The van der Waals surface area contributed by atoms with Crippen molar-refractivity contribution in [3.05, 3.63) is 57.3 Å². The van der Waals surface area contributed by atoms with E-state index in [1.54, 1.807) is 12.1 Å². The standard InChI is InChI=1S/C13H7BrClF3N2O/c14-8-4-2-6-19-11(8)12(21)20-10-7(13(16,17)18)3-1-5-9(10)15/h1-6H,(H,20,21). The molecular formula is C13H7BrClF3N2O. The molecule has 0 unspecified atom stereocenters. The Morgan fingerprint density at radius 3 is 2.57 bits per heavy atom. The van der Waals surface area contributed by atoms with Crippen LogP contribution in [0.4, 0.5) is 18.9 Å². The Kier molecular flexibility index (Phi) is 4.53. The Morgan fingerprint density at radius 1 is 1.24 bits per heavy atom. The molecule has 0 aliphatic heterocycles. The number of hydrogen-bond donors (Lipinski definition) is 1. The number of nitrogens with one attached hydrogen (secondary N) is 1. The lowest BCUT2D eigenvalue weighted by Crippen LogP contribution is -2.18. The molecule has 1 aromatic carbocycles. The van der Waals surface area contributed by atoms with Crippen molar-refractivity contribution in [1.29, 1.82) is 0 Å². The molecule has 0 fully saturated rings. The summed E-state index contributed by atoms with van der Waals surface area (Å²) in [6, 6.07) is 6.41. The average molecular weight is 380 g/mol. The van der Waals surface area contributed by atoms with Crippen LogP contribution in [0.3, 0.4) is 0 Å². The summed E-state index contributed by atoms with van der Waals surface area (Å²) in [4.78, 5) is 15.8. The average Bonchev–Trinajstić information content (AvgIpc) is 2.40. The van der Waals surface area contributed by atoms with Gasteiger partial charge in [-0.3, -0.25) is 4.79 Å². The molecule has 0 saturated heterocycles. The third-order valence-electron chi connectivity index (χ3n) is 2.53. The van der Waals surface area contributed by atoms with Gasteiger partial charge in [0.05, 0.1) is 16.3 Å². The van der Waals surface area contributed by atoms with Gasteiger partial charge in [0.25, 0.3) is 5.91 Å². The minimum atomic E-state index is -4.63. The van der Waals surface area contributed by atoms with Crippen LogP contribution in [0.15, 0.2) is 41.0 Å². The van der Waals surface area contributed by atoms with Gasteiger partial charge in [-0.1, -0.05) is 17.7 Å². The number of hydrogen-bond acceptors (Lipinski definition) is 2. The fraction of sp³-hybridized carbons (Fsp3) is 0.0769. The minimum absolute atomic E-state index is 0.0365. The summed E-state index contributed by atoms with van der Waals surface area (Å²) >= 11 is 8.87. The lowest BCUT2D eigenvalue weighted by atomic mass is 10.1. The number of halogens is 5. The van der Waals surface area contributed by atoms with Crippen molar-refractivity contribution < 1.29 is 18.0 Å². The van der Waals surface area contributed by atoms with E-state index < -0.39 is 23.3 Å². The molecule has 2 aromatic rings. The van der Waals surface area contributed by atoms with Crippen molar-refractivity contribution in [2.75, 3.05) is 5.32 Å². The van der Waals surface area contributed by atoms with Crippen molar-refractivity contribution in [3.63, 3.8) is 0 Å². The van der Waals surface area contributed by atoms with Crippen LogP contribution in [0.1, 0.15) is 16.1 Å². The molecule has 1 aromatic heterocycles. The lowest BCUT2D eigenvalue weighted by molar-refractivity contribution is -0.136. The molecule has 1 N–H and O–H groups in total. The van der Waals surface area contributed by atoms with E-state index >= 15 is 0 Å². The van der Waals surface area contributed by atoms with Gasteiger partial charge in [0.2, 0.25) is 0 Å². The Bertz CT molecular complexity index is 691. The number of anilines is 1. The molecule has 2 rings (SSSR count). The van der Waals surface area contributed by atoms with E-state index in [1.165, 1.54) is 12.3 Å². The van der Waals surface area contributed by atoms with Crippen molar-refractivity contribution in [1.82, 2.24) is 4.98 Å². The second-order valence-electron chi connectivity index (χ2n) is 3.95. The maximum atomic E-state index is 12.9. The van der Waals surface area contributed by atoms with Gasteiger partial charge < -0.3 is 5.32 Å². The molecule has 0 atom stereocenters.